The molecule has 0 saturated heterocycles. The first-order chi connectivity index (χ1) is 8.02. The van der Waals surface area contributed by atoms with Crippen molar-refractivity contribution in [1.82, 2.24) is 5.32 Å². The van der Waals surface area contributed by atoms with Gasteiger partial charge in [0, 0.05) is 11.1 Å². The second-order valence-electron chi connectivity index (χ2n) is 4.31. The highest BCUT2D eigenvalue weighted by atomic mass is 35.5. The molecule has 1 atom stereocenters. The molecule has 0 amide bonds. The first kappa shape index (κ1) is 14.4. The Bertz CT molecular complexity index is 357. The van der Waals surface area contributed by atoms with E-state index in [-0.39, 0.29) is 18.0 Å². The molecule has 0 heterocycles. The van der Waals surface area contributed by atoms with E-state index < -0.39 is 0 Å². The Balaban J connectivity index is 2.63. The number of halogens is 2. The van der Waals surface area contributed by atoms with Crippen LogP contribution in [0.4, 0.5) is 4.39 Å². The molecule has 1 aromatic rings. The van der Waals surface area contributed by atoms with Crippen molar-refractivity contribution in [2.24, 2.45) is 0 Å². The van der Waals surface area contributed by atoms with Crippen molar-refractivity contribution in [3.8, 4) is 0 Å². The maximum atomic E-state index is 13.5. The third-order valence-electron chi connectivity index (χ3n) is 2.51. The zero-order chi connectivity index (χ0) is 12.8. The minimum atomic E-state index is -0.223. The fourth-order valence-electron chi connectivity index (χ4n) is 1.52. The second-order valence-corrected chi connectivity index (χ2v) is 4.74. The Morgan fingerprint density at radius 2 is 2.12 bits per heavy atom. The summed E-state index contributed by atoms with van der Waals surface area (Å²) in [6.45, 7) is 4.51. The van der Waals surface area contributed by atoms with Gasteiger partial charge in [0.15, 0.2) is 0 Å². The zero-order valence-electron chi connectivity index (χ0n) is 10.5. The highest BCUT2D eigenvalue weighted by molar-refractivity contribution is 6.30. The third-order valence-corrected chi connectivity index (χ3v) is 2.75. The fraction of sp³-hybridized carbons (Fsp3) is 0.538. The van der Waals surface area contributed by atoms with Gasteiger partial charge in [-0.25, -0.2) is 4.39 Å². The van der Waals surface area contributed by atoms with Gasteiger partial charge in [-0.1, -0.05) is 11.6 Å². The molecular formula is C13H19ClFNO. The lowest BCUT2D eigenvalue weighted by Gasteiger charge is -2.18. The molecule has 0 fully saturated rings. The number of likely N-dealkylation sites (N-methyl/N-ethyl adjacent to an activating group) is 1. The molecule has 0 bridgehead atoms. The topological polar surface area (TPSA) is 21.3 Å². The van der Waals surface area contributed by atoms with E-state index in [1.807, 2.05) is 20.9 Å². The fourth-order valence-corrected chi connectivity index (χ4v) is 1.71. The number of hydrogen-bond donors (Lipinski definition) is 1. The average Bonchev–Trinajstić information content (AvgIpc) is 2.28. The maximum Gasteiger partial charge on any atom is 0.126 e. The number of ether oxygens (including phenoxy) is 1. The molecule has 1 rings (SSSR count). The molecule has 0 aliphatic heterocycles. The highest BCUT2D eigenvalue weighted by Crippen LogP contribution is 2.16. The van der Waals surface area contributed by atoms with Gasteiger partial charge in [0.25, 0.3) is 0 Å². The Hall–Kier alpha value is -0.640. The number of hydrogen-bond acceptors (Lipinski definition) is 2. The van der Waals surface area contributed by atoms with Gasteiger partial charge in [0.1, 0.15) is 5.82 Å². The van der Waals surface area contributed by atoms with Gasteiger partial charge in [0.05, 0.1) is 12.7 Å². The lowest BCUT2D eigenvalue weighted by molar-refractivity contribution is 0.0626. The van der Waals surface area contributed by atoms with E-state index in [1.54, 1.807) is 12.1 Å². The van der Waals surface area contributed by atoms with Gasteiger partial charge in [-0.3, -0.25) is 0 Å². The predicted molar refractivity (Wildman–Crippen MR) is 69.0 cm³/mol. The molecular weight excluding hydrogens is 241 g/mol. The van der Waals surface area contributed by atoms with Crippen LogP contribution in [0.1, 0.15) is 19.4 Å². The van der Waals surface area contributed by atoms with Crippen LogP contribution in [0.3, 0.4) is 0 Å². The monoisotopic (exact) mass is 259 g/mol. The van der Waals surface area contributed by atoms with Gasteiger partial charge in [-0.15, -0.1) is 0 Å². The van der Waals surface area contributed by atoms with E-state index in [0.29, 0.717) is 23.6 Å². The van der Waals surface area contributed by atoms with Crippen LogP contribution in [0.25, 0.3) is 0 Å². The normalized spacial score (nSPS) is 13.1. The van der Waals surface area contributed by atoms with Crippen molar-refractivity contribution in [2.45, 2.75) is 32.4 Å². The van der Waals surface area contributed by atoms with Crippen LogP contribution in [-0.2, 0) is 11.2 Å². The van der Waals surface area contributed by atoms with Gasteiger partial charge in [0.2, 0.25) is 0 Å². The van der Waals surface area contributed by atoms with Crippen LogP contribution < -0.4 is 5.32 Å². The van der Waals surface area contributed by atoms with Crippen molar-refractivity contribution < 1.29 is 9.13 Å². The van der Waals surface area contributed by atoms with Gasteiger partial charge < -0.3 is 10.1 Å². The van der Waals surface area contributed by atoms with E-state index in [1.165, 1.54) is 6.07 Å². The Morgan fingerprint density at radius 1 is 1.41 bits per heavy atom. The molecule has 0 saturated carbocycles. The summed E-state index contributed by atoms with van der Waals surface area (Å²) in [5.41, 5.74) is 0.615. The first-order valence-electron chi connectivity index (χ1n) is 5.75. The highest BCUT2D eigenvalue weighted by Gasteiger charge is 2.12. The van der Waals surface area contributed by atoms with Crippen molar-refractivity contribution in [3.05, 3.63) is 34.6 Å². The van der Waals surface area contributed by atoms with Crippen LogP contribution >= 0.6 is 11.6 Å². The molecule has 0 spiro atoms. The van der Waals surface area contributed by atoms with E-state index in [0.717, 1.165) is 0 Å². The zero-order valence-corrected chi connectivity index (χ0v) is 11.2. The summed E-state index contributed by atoms with van der Waals surface area (Å²) < 4.78 is 19.1. The summed E-state index contributed by atoms with van der Waals surface area (Å²) >= 11 is 5.85. The lowest BCUT2D eigenvalue weighted by Crippen LogP contribution is -2.33. The van der Waals surface area contributed by atoms with Crippen LogP contribution in [0.2, 0.25) is 5.02 Å². The van der Waals surface area contributed by atoms with E-state index in [2.05, 4.69) is 5.32 Å². The van der Waals surface area contributed by atoms with Crippen LogP contribution in [-0.4, -0.2) is 25.8 Å². The Kier molecular flexibility index (Phi) is 5.89. The van der Waals surface area contributed by atoms with Crippen molar-refractivity contribution in [1.29, 1.82) is 0 Å². The van der Waals surface area contributed by atoms with Gasteiger partial charge in [-0.05, 0) is 51.1 Å². The molecule has 4 heteroatoms. The van der Waals surface area contributed by atoms with Crippen molar-refractivity contribution in [2.75, 3.05) is 13.7 Å². The largest absolute Gasteiger partial charge is 0.377 e. The average molecular weight is 260 g/mol. The molecule has 0 aliphatic rings. The van der Waals surface area contributed by atoms with Gasteiger partial charge in [-0.2, -0.15) is 0 Å². The summed E-state index contributed by atoms with van der Waals surface area (Å²) in [6.07, 6.45) is 0.741. The molecule has 1 N–H and O–H groups in total. The van der Waals surface area contributed by atoms with Crippen molar-refractivity contribution in [3.63, 3.8) is 0 Å². The van der Waals surface area contributed by atoms with E-state index in [9.17, 15) is 4.39 Å². The standard InChI is InChI=1S/C13H19ClFNO/c1-9(2)17-8-12(16-3)7-10-6-11(14)4-5-13(10)15/h4-6,9,12,16H,7-8H2,1-3H3. The van der Waals surface area contributed by atoms with Gasteiger partial charge >= 0.3 is 0 Å². The van der Waals surface area contributed by atoms with Crippen LogP contribution in [0.15, 0.2) is 18.2 Å². The van der Waals surface area contributed by atoms with Crippen LogP contribution in [0, 0.1) is 5.82 Å². The van der Waals surface area contributed by atoms with Crippen LogP contribution in [0.5, 0.6) is 0 Å². The molecule has 2 nitrogen and oxygen atoms in total. The minimum absolute atomic E-state index is 0.0883. The number of nitrogens with one attached hydrogen (secondary N) is 1. The summed E-state index contributed by atoms with van der Waals surface area (Å²) in [5.74, 6) is -0.223. The number of benzene rings is 1. The molecule has 17 heavy (non-hydrogen) atoms. The SMILES string of the molecule is CNC(COC(C)C)Cc1cc(Cl)ccc1F. The molecule has 0 radical (unpaired) electrons. The third kappa shape index (κ3) is 5.02. The Morgan fingerprint density at radius 3 is 2.71 bits per heavy atom. The summed E-state index contributed by atoms with van der Waals surface area (Å²) in [7, 11) is 1.84. The summed E-state index contributed by atoms with van der Waals surface area (Å²) in [4.78, 5) is 0. The van der Waals surface area contributed by atoms with Crippen molar-refractivity contribution >= 4 is 11.6 Å². The molecule has 96 valence electrons. The molecule has 1 aromatic carbocycles. The second kappa shape index (κ2) is 6.94. The maximum absolute atomic E-state index is 13.5. The summed E-state index contributed by atoms with van der Waals surface area (Å²) in [6, 6.07) is 4.70. The molecule has 1 unspecified atom stereocenters. The minimum Gasteiger partial charge on any atom is -0.377 e. The quantitative estimate of drug-likeness (QED) is 0.848. The first-order valence-corrected chi connectivity index (χ1v) is 6.13. The smallest absolute Gasteiger partial charge is 0.126 e. The predicted octanol–water partition coefficient (Wildman–Crippen LogP) is 3.03. The lowest BCUT2D eigenvalue weighted by atomic mass is 10.1. The summed E-state index contributed by atoms with van der Waals surface area (Å²) in [5, 5.41) is 3.67. The molecule has 0 aromatic heterocycles. The number of rotatable bonds is 6. The molecule has 0 aliphatic carbocycles. The Labute approximate surface area is 107 Å². The van der Waals surface area contributed by atoms with E-state index in [4.69, 9.17) is 16.3 Å². The van der Waals surface area contributed by atoms with E-state index >= 15 is 0 Å².